The molecular weight excluding hydrogens is 711 g/mol. The maximum atomic E-state index is 5.40. The zero-order valence-electron chi connectivity index (χ0n) is 30.9. The van der Waals surface area contributed by atoms with E-state index in [2.05, 4.69) is 221 Å². The number of fused-ring (bicyclic) bond motifs is 6. The minimum atomic E-state index is -2.82. The molecular formula is C51H35N5Si. The van der Waals surface area contributed by atoms with Crippen LogP contribution in [0.4, 0.5) is 0 Å². The summed E-state index contributed by atoms with van der Waals surface area (Å²) in [6.07, 6.45) is 0. The molecule has 0 bridgehead atoms. The van der Waals surface area contributed by atoms with E-state index >= 15 is 0 Å². The Morgan fingerprint density at radius 1 is 0.298 bits per heavy atom. The highest BCUT2D eigenvalue weighted by Gasteiger charge is 2.41. The summed E-state index contributed by atoms with van der Waals surface area (Å²) in [6.45, 7) is 0. The van der Waals surface area contributed by atoms with Crippen molar-refractivity contribution < 1.29 is 0 Å². The summed E-state index contributed by atoms with van der Waals surface area (Å²) < 4.78 is 4.38. The van der Waals surface area contributed by atoms with Crippen LogP contribution in [0.15, 0.2) is 212 Å². The average Bonchev–Trinajstić information content (AvgIpc) is 3.81. The van der Waals surface area contributed by atoms with Crippen molar-refractivity contribution in [3.63, 3.8) is 0 Å². The van der Waals surface area contributed by atoms with Crippen LogP contribution < -0.4 is 20.7 Å². The first-order chi connectivity index (χ1) is 28.3. The normalized spacial score (nSPS) is 11.9. The number of para-hydroxylation sites is 4. The molecule has 11 aromatic rings. The molecule has 0 spiro atoms. The molecule has 5 nitrogen and oxygen atoms in total. The molecule has 57 heavy (non-hydrogen) atoms. The van der Waals surface area contributed by atoms with Crippen LogP contribution in [-0.4, -0.2) is 32.2 Å². The molecule has 11 rings (SSSR count). The third-order valence-electron chi connectivity index (χ3n) is 11.3. The van der Waals surface area contributed by atoms with Gasteiger partial charge < -0.3 is 0 Å². The summed E-state index contributed by atoms with van der Waals surface area (Å²) in [6, 6.07) is 76.0. The van der Waals surface area contributed by atoms with Crippen LogP contribution in [0.2, 0.25) is 0 Å². The van der Waals surface area contributed by atoms with Gasteiger partial charge in [-0.15, -0.1) is 0 Å². The third-order valence-corrected chi connectivity index (χ3v) is 16.1. The second-order valence-electron chi connectivity index (χ2n) is 14.4. The van der Waals surface area contributed by atoms with Crippen LogP contribution in [0.1, 0.15) is 0 Å². The Morgan fingerprint density at radius 3 is 1.02 bits per heavy atom. The van der Waals surface area contributed by atoms with Gasteiger partial charge >= 0.3 is 0 Å². The first-order valence-corrected chi connectivity index (χ1v) is 21.3. The highest BCUT2D eigenvalue weighted by Crippen LogP contribution is 2.34. The van der Waals surface area contributed by atoms with Gasteiger partial charge in [-0.2, -0.15) is 15.0 Å². The van der Waals surface area contributed by atoms with Crippen LogP contribution in [0.3, 0.4) is 0 Å². The predicted octanol–water partition coefficient (Wildman–Crippen LogP) is 9.11. The number of rotatable bonds is 7. The van der Waals surface area contributed by atoms with Gasteiger partial charge in [-0.3, -0.25) is 9.13 Å². The molecule has 0 aliphatic carbocycles. The van der Waals surface area contributed by atoms with Gasteiger partial charge in [0.2, 0.25) is 11.9 Å². The zero-order chi connectivity index (χ0) is 37.8. The lowest BCUT2D eigenvalue weighted by Gasteiger charge is -2.34. The molecule has 6 heteroatoms. The van der Waals surface area contributed by atoms with Crippen molar-refractivity contribution in [2.45, 2.75) is 0 Å². The maximum absolute atomic E-state index is 5.40. The van der Waals surface area contributed by atoms with Crippen molar-refractivity contribution in [3.8, 4) is 23.3 Å². The van der Waals surface area contributed by atoms with Gasteiger partial charge in [0.05, 0.1) is 22.1 Å². The van der Waals surface area contributed by atoms with E-state index < -0.39 is 8.07 Å². The monoisotopic (exact) mass is 745 g/mol. The van der Waals surface area contributed by atoms with Gasteiger partial charge in [0, 0.05) is 27.1 Å². The fourth-order valence-corrected chi connectivity index (χ4v) is 13.7. The number of aromatic nitrogens is 5. The lowest BCUT2D eigenvalue weighted by atomic mass is 10.2. The zero-order valence-corrected chi connectivity index (χ0v) is 31.9. The summed E-state index contributed by atoms with van der Waals surface area (Å²) in [4.78, 5) is 16.2. The maximum Gasteiger partial charge on any atom is 0.240 e. The molecule has 8 aromatic carbocycles. The Balaban J connectivity index is 1.22. The van der Waals surface area contributed by atoms with E-state index in [-0.39, 0.29) is 0 Å². The number of hydrogen-bond donors (Lipinski definition) is 0. The lowest BCUT2D eigenvalue weighted by Crippen LogP contribution is -2.74. The van der Waals surface area contributed by atoms with Gasteiger partial charge in [0.1, 0.15) is 0 Å². The highest BCUT2D eigenvalue weighted by molar-refractivity contribution is 7.19. The topological polar surface area (TPSA) is 48.5 Å². The number of nitrogens with zero attached hydrogens (tertiary/aromatic N) is 5. The number of hydrogen-bond acceptors (Lipinski definition) is 3. The fraction of sp³-hybridized carbons (Fsp3) is 0. The molecule has 0 N–H and O–H groups in total. The summed E-state index contributed by atoms with van der Waals surface area (Å²) in [5.74, 6) is 1.74. The highest BCUT2D eigenvalue weighted by atomic mass is 28.3. The molecule has 0 atom stereocenters. The Morgan fingerprint density at radius 2 is 0.632 bits per heavy atom. The van der Waals surface area contributed by atoms with Crippen molar-refractivity contribution in [2.24, 2.45) is 0 Å². The Kier molecular flexibility index (Phi) is 7.76. The molecule has 3 heterocycles. The van der Waals surface area contributed by atoms with Gasteiger partial charge in [0.25, 0.3) is 0 Å². The van der Waals surface area contributed by atoms with Crippen molar-refractivity contribution in [3.05, 3.63) is 212 Å². The molecule has 0 aliphatic heterocycles. The van der Waals surface area contributed by atoms with Crippen molar-refractivity contribution >= 4 is 72.4 Å². The van der Waals surface area contributed by atoms with E-state index in [1.54, 1.807) is 0 Å². The van der Waals surface area contributed by atoms with E-state index in [1.165, 1.54) is 20.7 Å². The first-order valence-electron chi connectivity index (χ1n) is 19.3. The van der Waals surface area contributed by atoms with Gasteiger partial charge in [-0.05, 0) is 45.0 Å². The van der Waals surface area contributed by atoms with E-state index in [4.69, 9.17) is 15.0 Å². The lowest BCUT2D eigenvalue weighted by molar-refractivity contribution is 0.893. The summed E-state index contributed by atoms with van der Waals surface area (Å²) in [7, 11) is -2.82. The van der Waals surface area contributed by atoms with Crippen LogP contribution in [-0.2, 0) is 0 Å². The van der Waals surface area contributed by atoms with Gasteiger partial charge in [-0.1, -0.05) is 188 Å². The smallest absolute Gasteiger partial charge is 0.240 e. The van der Waals surface area contributed by atoms with Crippen LogP contribution in [0.5, 0.6) is 0 Å². The van der Waals surface area contributed by atoms with Crippen LogP contribution >= 0.6 is 0 Å². The van der Waals surface area contributed by atoms with Crippen molar-refractivity contribution in [1.29, 1.82) is 0 Å². The molecule has 0 radical (unpaired) electrons. The molecule has 268 valence electrons. The Hall–Kier alpha value is -7.41. The molecule has 0 fully saturated rings. The SMILES string of the molecule is c1ccc([Si](c2ccccc2)(c2ccccc2)c2cccc(-c3nc(-n4c5ccccc5c5ccccc54)nc(-n4c5ccccc5c5ccccc54)n3)c2)cc1. The standard InChI is InChI=1S/C51H35N5Si/c1-4-20-37(21-5-1)57(38-22-6-2-7-23-38,39-24-8-3-9-25-39)40-26-18-19-36(35-40)49-52-50(55-45-31-14-10-27-41(45)42-28-11-15-32-46(42)55)54-51(53-49)56-47-33-16-12-29-43(47)44-30-13-17-34-48(44)56/h1-35H. The minimum Gasteiger partial charge on any atom is -0.278 e. The molecule has 0 saturated heterocycles. The number of benzene rings is 8. The predicted molar refractivity (Wildman–Crippen MR) is 238 cm³/mol. The van der Waals surface area contributed by atoms with Crippen LogP contribution in [0.25, 0.3) is 66.9 Å². The van der Waals surface area contributed by atoms with Crippen molar-refractivity contribution in [2.75, 3.05) is 0 Å². The molecule has 3 aromatic heterocycles. The summed E-state index contributed by atoms with van der Waals surface area (Å²) in [5, 5.41) is 9.80. The summed E-state index contributed by atoms with van der Waals surface area (Å²) in [5.41, 5.74) is 5.10. The molecule has 0 unspecified atom stereocenters. The van der Waals surface area contributed by atoms with E-state index in [1.807, 2.05) is 0 Å². The van der Waals surface area contributed by atoms with Crippen molar-refractivity contribution in [1.82, 2.24) is 24.1 Å². The van der Waals surface area contributed by atoms with E-state index in [9.17, 15) is 0 Å². The first kappa shape index (κ1) is 33.0. The third kappa shape index (κ3) is 5.19. The van der Waals surface area contributed by atoms with E-state index in [0.29, 0.717) is 17.7 Å². The fourth-order valence-electron chi connectivity index (χ4n) is 8.92. The quantitative estimate of drug-likeness (QED) is 0.121. The van der Waals surface area contributed by atoms with Gasteiger partial charge in [-0.25, -0.2) is 0 Å². The largest absolute Gasteiger partial charge is 0.278 e. The minimum absolute atomic E-state index is 0.567. The Labute approximate surface area is 330 Å². The second kappa shape index (κ2) is 13.4. The summed E-state index contributed by atoms with van der Waals surface area (Å²) >= 11 is 0. The van der Waals surface area contributed by atoms with E-state index in [0.717, 1.165) is 49.2 Å². The van der Waals surface area contributed by atoms with Crippen LogP contribution in [0, 0.1) is 0 Å². The molecule has 0 aliphatic rings. The second-order valence-corrected chi connectivity index (χ2v) is 18.2. The van der Waals surface area contributed by atoms with Gasteiger partial charge in [0.15, 0.2) is 13.9 Å². The molecule has 0 amide bonds. The Bertz CT molecular complexity index is 2910. The average molecular weight is 746 g/mol. The molecule has 0 saturated carbocycles.